The van der Waals surface area contributed by atoms with Gasteiger partial charge in [0.15, 0.2) is 0 Å². The van der Waals surface area contributed by atoms with Crippen molar-refractivity contribution in [3.05, 3.63) is 0 Å². The van der Waals surface area contributed by atoms with Crippen molar-refractivity contribution in [1.82, 2.24) is 15.1 Å². The van der Waals surface area contributed by atoms with Gasteiger partial charge in [-0.05, 0) is 58.9 Å². The Morgan fingerprint density at radius 2 is 1.53 bits per heavy atom. The van der Waals surface area contributed by atoms with Crippen LogP contribution in [0.15, 0.2) is 0 Å². The van der Waals surface area contributed by atoms with E-state index in [9.17, 15) is 0 Å². The molecule has 0 unspecified atom stereocenters. The van der Waals surface area contributed by atoms with Crippen LogP contribution in [0.4, 0.5) is 0 Å². The van der Waals surface area contributed by atoms with E-state index < -0.39 is 0 Å². The van der Waals surface area contributed by atoms with Crippen LogP contribution in [0.2, 0.25) is 0 Å². The van der Waals surface area contributed by atoms with Crippen LogP contribution in [-0.2, 0) is 0 Å². The first-order valence-electron chi connectivity index (χ1n) is 7.34. The summed E-state index contributed by atoms with van der Waals surface area (Å²) in [5.41, 5.74) is 0. The maximum atomic E-state index is 3.68. The van der Waals surface area contributed by atoms with Crippen LogP contribution in [0, 0.1) is 0 Å². The van der Waals surface area contributed by atoms with Crippen molar-refractivity contribution in [3.63, 3.8) is 0 Å². The second-order valence-corrected chi connectivity index (χ2v) is 6.17. The third-order valence-electron chi connectivity index (χ3n) is 4.30. The highest BCUT2D eigenvalue weighted by molar-refractivity contribution is 4.85. The number of piperidine rings is 2. The van der Waals surface area contributed by atoms with Gasteiger partial charge in [-0.25, -0.2) is 0 Å². The topological polar surface area (TPSA) is 18.5 Å². The van der Waals surface area contributed by atoms with Gasteiger partial charge in [-0.15, -0.1) is 0 Å². The van der Waals surface area contributed by atoms with E-state index in [1.54, 1.807) is 0 Å². The normalized spacial score (nSPS) is 26.8. The third kappa shape index (κ3) is 3.94. The summed E-state index contributed by atoms with van der Waals surface area (Å²) in [5.74, 6) is 0. The first-order valence-corrected chi connectivity index (χ1v) is 7.34. The van der Waals surface area contributed by atoms with Gasteiger partial charge in [0.1, 0.15) is 0 Å². The Bertz CT molecular complexity index is 214. The SMILES string of the molecule is CC(C)NC1CCN(C2CCN(C)CC2)CC1. The average molecular weight is 239 g/mol. The van der Waals surface area contributed by atoms with Crippen LogP contribution in [0.25, 0.3) is 0 Å². The standard InChI is InChI=1S/C14H29N3/c1-12(2)15-13-4-10-17(11-5-13)14-6-8-16(3)9-7-14/h12-15H,4-11H2,1-3H3. The molecule has 0 aromatic heterocycles. The maximum absolute atomic E-state index is 3.68. The summed E-state index contributed by atoms with van der Waals surface area (Å²) in [4.78, 5) is 5.20. The Labute approximate surface area is 107 Å². The lowest BCUT2D eigenvalue weighted by molar-refractivity contribution is 0.0911. The second kappa shape index (κ2) is 6.17. The Hall–Kier alpha value is -0.120. The quantitative estimate of drug-likeness (QED) is 0.806. The van der Waals surface area contributed by atoms with E-state index in [1.807, 2.05) is 0 Å². The number of rotatable bonds is 3. The van der Waals surface area contributed by atoms with Gasteiger partial charge in [0.25, 0.3) is 0 Å². The lowest BCUT2D eigenvalue weighted by Crippen LogP contribution is -2.50. The lowest BCUT2D eigenvalue weighted by atomic mass is 9.98. The maximum Gasteiger partial charge on any atom is 0.0120 e. The predicted octanol–water partition coefficient (Wildman–Crippen LogP) is 1.54. The molecule has 2 aliphatic heterocycles. The van der Waals surface area contributed by atoms with Gasteiger partial charge in [0.2, 0.25) is 0 Å². The molecule has 3 heteroatoms. The van der Waals surface area contributed by atoms with Gasteiger partial charge in [-0.3, -0.25) is 0 Å². The van der Waals surface area contributed by atoms with E-state index in [0.29, 0.717) is 6.04 Å². The number of nitrogens with zero attached hydrogens (tertiary/aromatic N) is 2. The fourth-order valence-corrected chi connectivity index (χ4v) is 3.26. The molecule has 2 saturated heterocycles. The Kier molecular flexibility index (Phi) is 4.83. The average Bonchev–Trinajstić information content (AvgIpc) is 2.30. The summed E-state index contributed by atoms with van der Waals surface area (Å²) in [6, 6.07) is 2.26. The largest absolute Gasteiger partial charge is 0.312 e. The van der Waals surface area contributed by atoms with Crippen molar-refractivity contribution in [2.24, 2.45) is 0 Å². The Morgan fingerprint density at radius 1 is 0.941 bits per heavy atom. The molecule has 0 radical (unpaired) electrons. The van der Waals surface area contributed by atoms with Crippen LogP contribution >= 0.6 is 0 Å². The smallest absolute Gasteiger partial charge is 0.0120 e. The van der Waals surface area contributed by atoms with E-state index in [0.717, 1.165) is 12.1 Å². The molecule has 1 N–H and O–H groups in total. The zero-order valence-electron chi connectivity index (χ0n) is 11.8. The Balaban J connectivity index is 1.71. The van der Waals surface area contributed by atoms with Crippen molar-refractivity contribution in [1.29, 1.82) is 0 Å². The van der Waals surface area contributed by atoms with Crippen LogP contribution in [0.5, 0.6) is 0 Å². The molecule has 0 amide bonds. The number of likely N-dealkylation sites (tertiary alicyclic amines) is 2. The monoisotopic (exact) mass is 239 g/mol. The molecular weight excluding hydrogens is 210 g/mol. The fraction of sp³-hybridized carbons (Fsp3) is 1.00. The van der Waals surface area contributed by atoms with E-state index in [-0.39, 0.29) is 0 Å². The molecular formula is C14H29N3. The highest BCUT2D eigenvalue weighted by Gasteiger charge is 2.27. The van der Waals surface area contributed by atoms with Crippen LogP contribution in [-0.4, -0.2) is 61.2 Å². The van der Waals surface area contributed by atoms with Crippen LogP contribution in [0.3, 0.4) is 0 Å². The second-order valence-electron chi connectivity index (χ2n) is 6.17. The van der Waals surface area contributed by atoms with Crippen LogP contribution in [0.1, 0.15) is 39.5 Å². The zero-order valence-corrected chi connectivity index (χ0v) is 11.8. The zero-order chi connectivity index (χ0) is 12.3. The molecule has 2 rings (SSSR count). The number of nitrogens with one attached hydrogen (secondary N) is 1. The minimum Gasteiger partial charge on any atom is -0.312 e. The minimum atomic E-state index is 0.634. The van der Waals surface area contributed by atoms with Gasteiger partial charge >= 0.3 is 0 Å². The van der Waals surface area contributed by atoms with Crippen molar-refractivity contribution in [2.45, 2.75) is 57.7 Å². The fourth-order valence-electron chi connectivity index (χ4n) is 3.26. The van der Waals surface area contributed by atoms with Gasteiger partial charge < -0.3 is 15.1 Å². The van der Waals surface area contributed by atoms with E-state index in [1.165, 1.54) is 51.9 Å². The van der Waals surface area contributed by atoms with E-state index in [4.69, 9.17) is 0 Å². The summed E-state index contributed by atoms with van der Waals surface area (Å²) in [5, 5.41) is 3.68. The molecule has 0 aromatic carbocycles. The molecule has 3 nitrogen and oxygen atoms in total. The molecule has 0 spiro atoms. The molecule has 0 aliphatic carbocycles. The summed E-state index contributed by atoms with van der Waals surface area (Å²) in [6.45, 7) is 9.69. The van der Waals surface area contributed by atoms with E-state index >= 15 is 0 Å². The molecule has 2 aliphatic rings. The first-order chi connectivity index (χ1) is 8.15. The summed E-state index contributed by atoms with van der Waals surface area (Å²) in [7, 11) is 2.25. The highest BCUT2D eigenvalue weighted by Crippen LogP contribution is 2.20. The Morgan fingerprint density at radius 3 is 2.06 bits per heavy atom. The van der Waals surface area contributed by atoms with Gasteiger partial charge in [-0.2, -0.15) is 0 Å². The molecule has 2 heterocycles. The number of hydrogen-bond acceptors (Lipinski definition) is 3. The van der Waals surface area contributed by atoms with E-state index in [2.05, 4.69) is 36.0 Å². The lowest BCUT2D eigenvalue weighted by Gasteiger charge is -2.41. The predicted molar refractivity (Wildman–Crippen MR) is 73.4 cm³/mol. The third-order valence-corrected chi connectivity index (χ3v) is 4.30. The highest BCUT2D eigenvalue weighted by atomic mass is 15.2. The van der Waals surface area contributed by atoms with Gasteiger partial charge in [0.05, 0.1) is 0 Å². The molecule has 100 valence electrons. The molecule has 0 atom stereocenters. The van der Waals surface area contributed by atoms with Crippen molar-refractivity contribution in [2.75, 3.05) is 33.2 Å². The summed E-state index contributed by atoms with van der Waals surface area (Å²) in [6.07, 6.45) is 5.42. The minimum absolute atomic E-state index is 0.634. The van der Waals surface area contributed by atoms with Crippen molar-refractivity contribution in [3.8, 4) is 0 Å². The van der Waals surface area contributed by atoms with Crippen LogP contribution < -0.4 is 5.32 Å². The van der Waals surface area contributed by atoms with Crippen molar-refractivity contribution < 1.29 is 0 Å². The molecule has 0 bridgehead atoms. The van der Waals surface area contributed by atoms with Crippen molar-refractivity contribution >= 4 is 0 Å². The molecule has 17 heavy (non-hydrogen) atoms. The van der Waals surface area contributed by atoms with Gasteiger partial charge in [0, 0.05) is 18.1 Å². The first kappa shape index (κ1) is 13.3. The van der Waals surface area contributed by atoms with Gasteiger partial charge in [-0.1, -0.05) is 13.8 Å². The summed E-state index contributed by atoms with van der Waals surface area (Å²) < 4.78 is 0. The molecule has 0 saturated carbocycles. The molecule has 2 fully saturated rings. The number of hydrogen-bond donors (Lipinski definition) is 1. The summed E-state index contributed by atoms with van der Waals surface area (Å²) >= 11 is 0. The molecule has 0 aromatic rings.